The Morgan fingerprint density at radius 1 is 1.09 bits per heavy atom. The van der Waals surface area contributed by atoms with Crippen LogP contribution in [-0.2, 0) is 12.8 Å². The number of rotatable bonds is 7. The van der Waals surface area contributed by atoms with E-state index in [2.05, 4.69) is 10.4 Å². The third kappa shape index (κ3) is 4.54. The normalized spacial score (nSPS) is 13.3. The van der Waals surface area contributed by atoms with E-state index >= 15 is 0 Å². The molecule has 0 saturated carbocycles. The molecule has 1 aliphatic heterocycles. The minimum atomic E-state index is -0.590. The lowest BCUT2D eigenvalue weighted by Crippen LogP contribution is -2.46. The molecule has 1 aliphatic rings. The Labute approximate surface area is 184 Å². The smallest absolute Gasteiger partial charge is 0.278 e. The quantitative estimate of drug-likeness (QED) is 0.559. The Balaban J connectivity index is 1.35. The summed E-state index contributed by atoms with van der Waals surface area (Å²) in [5.41, 5.74) is 5.03. The lowest BCUT2D eigenvalue weighted by Gasteiger charge is -2.30. The Morgan fingerprint density at radius 2 is 1.94 bits per heavy atom. The molecule has 8 heteroatoms. The van der Waals surface area contributed by atoms with E-state index in [9.17, 15) is 19.1 Å². The zero-order valence-corrected chi connectivity index (χ0v) is 17.4. The van der Waals surface area contributed by atoms with Crippen LogP contribution in [0.5, 0.6) is 5.75 Å². The average Bonchev–Trinajstić information content (AvgIpc) is 2.80. The molecule has 0 unspecified atom stereocenters. The molecule has 4 rings (SSSR count). The maximum Gasteiger partial charge on any atom is 0.278 e. The van der Waals surface area contributed by atoms with Gasteiger partial charge in [-0.2, -0.15) is 0 Å². The van der Waals surface area contributed by atoms with Crippen LogP contribution >= 0.6 is 0 Å². The molecule has 0 atom stereocenters. The number of aromatic hydroxyl groups is 1. The zero-order chi connectivity index (χ0) is 22.5. The van der Waals surface area contributed by atoms with E-state index in [1.807, 2.05) is 24.3 Å². The highest BCUT2D eigenvalue weighted by Gasteiger charge is 2.27. The number of allylic oxidation sites excluding steroid dienone is 1. The molecule has 0 radical (unpaired) electrons. The van der Waals surface area contributed by atoms with Gasteiger partial charge in [0.15, 0.2) is 11.4 Å². The molecule has 32 heavy (non-hydrogen) atoms. The van der Waals surface area contributed by atoms with Gasteiger partial charge in [-0.25, -0.2) is 4.39 Å². The van der Waals surface area contributed by atoms with E-state index in [1.54, 1.807) is 24.5 Å². The highest BCUT2D eigenvalue weighted by Crippen LogP contribution is 2.18. The number of amides is 1. The molecule has 3 heterocycles. The fourth-order valence-corrected chi connectivity index (χ4v) is 3.66. The van der Waals surface area contributed by atoms with Crippen LogP contribution in [0.15, 0.2) is 71.9 Å². The molecule has 7 nitrogen and oxygen atoms in total. The predicted octanol–water partition coefficient (Wildman–Crippen LogP) is 2.82. The fraction of sp³-hybridized carbons (Fsp3) is 0.208. The maximum absolute atomic E-state index is 14.0. The van der Waals surface area contributed by atoms with E-state index in [-0.39, 0.29) is 18.2 Å². The second kappa shape index (κ2) is 9.47. The number of carbonyl (C=O) groups is 1. The van der Waals surface area contributed by atoms with Crippen molar-refractivity contribution in [2.45, 2.75) is 19.3 Å². The highest BCUT2D eigenvalue weighted by atomic mass is 19.1. The van der Waals surface area contributed by atoms with Gasteiger partial charge in [0, 0.05) is 37.6 Å². The second-order valence-electron chi connectivity index (χ2n) is 7.51. The van der Waals surface area contributed by atoms with Crippen molar-refractivity contribution in [1.82, 2.24) is 14.6 Å². The average molecular weight is 434 g/mol. The number of carbonyl (C=O) groups excluding carboxylic acids is 1. The molecular weight excluding hydrogens is 411 g/mol. The Kier molecular flexibility index (Phi) is 6.30. The van der Waals surface area contributed by atoms with Crippen molar-refractivity contribution in [3.63, 3.8) is 0 Å². The number of fused-ring (bicyclic) bond motifs is 1. The van der Waals surface area contributed by atoms with Crippen LogP contribution in [0.25, 0.3) is 0 Å². The van der Waals surface area contributed by atoms with Crippen LogP contribution < -0.4 is 10.9 Å². The number of nitrogens with zero attached hydrogens (tertiary/aromatic N) is 3. The number of hydrogen-bond acceptors (Lipinski definition) is 5. The van der Waals surface area contributed by atoms with E-state index in [0.717, 1.165) is 24.0 Å². The van der Waals surface area contributed by atoms with Crippen molar-refractivity contribution >= 4 is 5.91 Å². The van der Waals surface area contributed by atoms with Gasteiger partial charge in [0.1, 0.15) is 12.5 Å². The number of pyridine rings is 2. The Bertz CT molecular complexity index is 1220. The minimum absolute atomic E-state index is 0.0632. The summed E-state index contributed by atoms with van der Waals surface area (Å²) in [6, 6.07) is 9.88. The van der Waals surface area contributed by atoms with Gasteiger partial charge >= 0.3 is 0 Å². The number of aromatic nitrogens is 2. The molecule has 3 aromatic rings. The lowest BCUT2D eigenvalue weighted by atomic mass is 9.98. The maximum atomic E-state index is 14.0. The monoisotopic (exact) mass is 434 g/mol. The van der Waals surface area contributed by atoms with Crippen molar-refractivity contribution in [2.75, 3.05) is 18.6 Å². The minimum Gasteiger partial charge on any atom is -0.502 e. The van der Waals surface area contributed by atoms with E-state index < -0.39 is 17.1 Å². The Hall–Kier alpha value is -3.94. The summed E-state index contributed by atoms with van der Waals surface area (Å²) in [6.07, 6.45) is 10.8. The van der Waals surface area contributed by atoms with Crippen molar-refractivity contribution in [1.29, 1.82) is 0 Å². The first kappa shape index (κ1) is 21.3. The first-order valence-corrected chi connectivity index (χ1v) is 10.3. The van der Waals surface area contributed by atoms with E-state index in [4.69, 9.17) is 0 Å². The predicted molar refractivity (Wildman–Crippen MR) is 119 cm³/mol. The zero-order valence-electron chi connectivity index (χ0n) is 17.4. The van der Waals surface area contributed by atoms with Gasteiger partial charge in [-0.15, -0.1) is 0 Å². The second-order valence-corrected chi connectivity index (χ2v) is 7.51. The molecular formula is C24H23FN4O3. The van der Waals surface area contributed by atoms with Crippen LogP contribution in [0.2, 0.25) is 0 Å². The van der Waals surface area contributed by atoms with Crippen molar-refractivity contribution < 1.29 is 14.3 Å². The lowest BCUT2D eigenvalue weighted by molar-refractivity contribution is 0.0741. The van der Waals surface area contributed by atoms with Gasteiger partial charge in [-0.1, -0.05) is 30.4 Å². The topological polar surface area (TPSA) is 87.5 Å². The van der Waals surface area contributed by atoms with Crippen LogP contribution in [0, 0.1) is 5.82 Å². The van der Waals surface area contributed by atoms with Gasteiger partial charge in [0.25, 0.3) is 5.91 Å². The molecule has 0 bridgehead atoms. The van der Waals surface area contributed by atoms with E-state index in [1.165, 1.54) is 27.9 Å². The summed E-state index contributed by atoms with van der Waals surface area (Å²) in [4.78, 5) is 29.9. The van der Waals surface area contributed by atoms with Crippen LogP contribution in [0.1, 0.15) is 33.6 Å². The highest BCUT2D eigenvalue weighted by molar-refractivity contribution is 5.96. The van der Waals surface area contributed by atoms with Gasteiger partial charge in [0.05, 0.1) is 0 Å². The summed E-state index contributed by atoms with van der Waals surface area (Å²) < 4.78 is 15.4. The molecule has 0 spiro atoms. The first-order chi connectivity index (χ1) is 15.5. The number of benzene rings is 1. The van der Waals surface area contributed by atoms with Crippen LogP contribution in [-0.4, -0.2) is 38.8 Å². The molecule has 164 valence electrons. The van der Waals surface area contributed by atoms with Gasteiger partial charge in [-0.05, 0) is 41.7 Å². The number of aryl methyl sites for hydroxylation is 1. The molecule has 2 N–H and O–H groups in total. The third-order valence-corrected chi connectivity index (χ3v) is 5.41. The molecule has 0 saturated heterocycles. The standard InChI is InChI=1S/C24H23FN4O3/c25-20-8-4-3-7-18(20)14-19-15-26-11-9-17(19)6-2-1-5-12-28-16-27-29-13-10-21(30)23(31)22(29)24(28)32/h1,3-5,7-11,13,15,27,31H,2,6,12,14,16H2/b5-1-. The number of nitrogens with one attached hydrogen (secondary N) is 1. The van der Waals surface area contributed by atoms with Crippen molar-refractivity contribution in [3.8, 4) is 5.75 Å². The summed E-state index contributed by atoms with van der Waals surface area (Å²) in [5, 5.41) is 9.95. The number of halogens is 1. The molecule has 0 aliphatic carbocycles. The SMILES string of the molecule is O=C1c2c(O)c(=O)ccn2NCN1C/C=C\CCc1ccncc1Cc1ccccc1F. The summed E-state index contributed by atoms with van der Waals surface area (Å²) in [6.45, 7) is 0.600. The first-order valence-electron chi connectivity index (χ1n) is 10.3. The summed E-state index contributed by atoms with van der Waals surface area (Å²) in [7, 11) is 0. The van der Waals surface area contributed by atoms with Crippen molar-refractivity contribution in [3.05, 3.63) is 106 Å². The van der Waals surface area contributed by atoms with Crippen LogP contribution in [0.4, 0.5) is 4.39 Å². The van der Waals surface area contributed by atoms with Gasteiger partial charge in [-0.3, -0.25) is 19.2 Å². The summed E-state index contributed by atoms with van der Waals surface area (Å²) in [5.74, 6) is -1.19. The molecule has 1 aromatic carbocycles. The van der Waals surface area contributed by atoms with Gasteiger partial charge in [0.2, 0.25) is 5.43 Å². The largest absolute Gasteiger partial charge is 0.502 e. The summed E-state index contributed by atoms with van der Waals surface area (Å²) >= 11 is 0. The molecule has 1 amide bonds. The fourth-order valence-electron chi connectivity index (χ4n) is 3.66. The third-order valence-electron chi connectivity index (χ3n) is 5.41. The Morgan fingerprint density at radius 3 is 2.78 bits per heavy atom. The molecule has 2 aromatic heterocycles. The van der Waals surface area contributed by atoms with Crippen molar-refractivity contribution in [2.24, 2.45) is 0 Å². The number of hydrogen-bond donors (Lipinski definition) is 2. The van der Waals surface area contributed by atoms with Crippen LogP contribution in [0.3, 0.4) is 0 Å². The molecule has 0 fully saturated rings. The van der Waals surface area contributed by atoms with E-state index in [0.29, 0.717) is 18.5 Å². The van der Waals surface area contributed by atoms with Gasteiger partial charge < -0.3 is 15.4 Å².